The molecule has 1 amide bonds. The second-order valence-corrected chi connectivity index (χ2v) is 8.80. The second kappa shape index (κ2) is 12.5. The van der Waals surface area contributed by atoms with E-state index in [9.17, 15) is 9.18 Å². The van der Waals surface area contributed by atoms with Gasteiger partial charge in [-0.3, -0.25) is 4.79 Å². The van der Waals surface area contributed by atoms with E-state index < -0.39 is 6.04 Å². The van der Waals surface area contributed by atoms with Gasteiger partial charge < -0.3 is 30.6 Å². The molecule has 9 nitrogen and oxygen atoms in total. The number of hydrogen-bond acceptors (Lipinski definition) is 8. The summed E-state index contributed by atoms with van der Waals surface area (Å²) in [5, 5.41) is 7.02. The summed E-state index contributed by atoms with van der Waals surface area (Å²) < 4.78 is 30.0. The number of aromatic nitrogens is 2. The summed E-state index contributed by atoms with van der Waals surface area (Å²) in [7, 11) is 1.57. The third-order valence-corrected chi connectivity index (χ3v) is 5.73. The van der Waals surface area contributed by atoms with Gasteiger partial charge in [0.1, 0.15) is 42.7 Å². The van der Waals surface area contributed by atoms with Gasteiger partial charge in [-0.05, 0) is 48.9 Å². The molecule has 0 fully saturated rings. The molecule has 0 aliphatic carbocycles. The minimum atomic E-state index is -0.717. The summed E-state index contributed by atoms with van der Waals surface area (Å²) in [5.74, 6) is 0.665. The summed E-state index contributed by atoms with van der Waals surface area (Å²) in [6.45, 7) is 2.42. The van der Waals surface area contributed by atoms with Crippen molar-refractivity contribution in [3.05, 3.63) is 77.3 Å². The lowest BCUT2D eigenvalue weighted by atomic mass is 10.1. The van der Waals surface area contributed by atoms with Crippen LogP contribution in [0.1, 0.15) is 12.5 Å². The molecule has 4 rings (SSSR count). The molecule has 0 spiro atoms. The zero-order valence-corrected chi connectivity index (χ0v) is 21.6. The quantitative estimate of drug-likeness (QED) is 0.226. The number of hydrogen-bond donors (Lipinski definition) is 3. The van der Waals surface area contributed by atoms with Crippen molar-refractivity contribution < 1.29 is 23.4 Å². The first-order chi connectivity index (χ1) is 18.3. The van der Waals surface area contributed by atoms with Crippen molar-refractivity contribution in [1.29, 1.82) is 0 Å². The van der Waals surface area contributed by atoms with Crippen LogP contribution in [0.25, 0.3) is 10.9 Å². The average molecular weight is 540 g/mol. The molecule has 0 bridgehead atoms. The fourth-order valence-corrected chi connectivity index (χ4v) is 3.74. The molecule has 1 unspecified atom stereocenters. The molecule has 4 N–H and O–H groups in total. The lowest BCUT2D eigenvalue weighted by molar-refractivity contribution is -0.117. The SMILES string of the molecule is COCCOc1cc2ncnc(Nc3ccc(OCc4cccc(F)c4)c(Cl)c3)c2cc1NC(=O)C(C)N. The van der Waals surface area contributed by atoms with Gasteiger partial charge in [0.2, 0.25) is 5.91 Å². The number of nitrogens with zero attached hydrogens (tertiary/aromatic N) is 2. The number of nitrogens with one attached hydrogen (secondary N) is 2. The van der Waals surface area contributed by atoms with E-state index in [0.29, 0.717) is 56.8 Å². The van der Waals surface area contributed by atoms with Crippen molar-refractivity contribution >= 4 is 45.6 Å². The molecule has 1 aromatic heterocycles. The molecule has 4 aromatic rings. The van der Waals surface area contributed by atoms with Crippen molar-refractivity contribution in [1.82, 2.24) is 9.97 Å². The van der Waals surface area contributed by atoms with E-state index in [1.165, 1.54) is 18.5 Å². The zero-order chi connectivity index (χ0) is 27.1. The Morgan fingerprint density at radius 2 is 1.92 bits per heavy atom. The van der Waals surface area contributed by atoms with Gasteiger partial charge in [0.15, 0.2) is 0 Å². The maximum absolute atomic E-state index is 13.4. The average Bonchev–Trinajstić information content (AvgIpc) is 2.89. The number of nitrogens with two attached hydrogens (primary N) is 1. The topological polar surface area (TPSA) is 121 Å². The molecule has 0 aliphatic heterocycles. The molecule has 3 aromatic carbocycles. The van der Waals surface area contributed by atoms with E-state index in [4.69, 9.17) is 31.5 Å². The van der Waals surface area contributed by atoms with Crippen LogP contribution in [0.4, 0.5) is 21.6 Å². The van der Waals surface area contributed by atoms with Crippen molar-refractivity contribution in [3.63, 3.8) is 0 Å². The number of carbonyl (C=O) groups is 1. The molecule has 0 saturated heterocycles. The lowest BCUT2D eigenvalue weighted by Gasteiger charge is -2.16. The number of ether oxygens (including phenoxy) is 3. The van der Waals surface area contributed by atoms with Gasteiger partial charge in [0.05, 0.1) is 28.9 Å². The van der Waals surface area contributed by atoms with Crippen molar-refractivity contribution in [2.24, 2.45) is 5.73 Å². The van der Waals surface area contributed by atoms with Crippen molar-refractivity contribution in [2.75, 3.05) is 31.0 Å². The van der Waals surface area contributed by atoms with Gasteiger partial charge in [0, 0.05) is 24.2 Å². The van der Waals surface area contributed by atoms with Gasteiger partial charge in [-0.2, -0.15) is 0 Å². The standard InChI is InChI=1S/C27H27ClFN5O4/c1-16(30)27(35)34-23-12-20-22(13-25(23)37-9-8-36-2)31-15-32-26(20)33-19-6-7-24(21(28)11-19)38-14-17-4-3-5-18(29)10-17/h3-7,10-13,15-16H,8-9,14,30H2,1-2H3,(H,34,35)(H,31,32,33). The zero-order valence-electron chi connectivity index (χ0n) is 20.8. The number of benzene rings is 3. The third-order valence-electron chi connectivity index (χ3n) is 5.43. The number of halogens is 2. The Kier molecular flexibility index (Phi) is 8.90. The molecule has 1 atom stereocenters. The Bertz CT molecular complexity index is 1440. The van der Waals surface area contributed by atoms with Crippen LogP contribution < -0.4 is 25.8 Å². The minimum absolute atomic E-state index is 0.172. The number of methoxy groups -OCH3 is 1. The van der Waals surface area contributed by atoms with Crippen LogP contribution in [0.5, 0.6) is 11.5 Å². The highest BCUT2D eigenvalue weighted by Crippen LogP contribution is 2.35. The fourth-order valence-electron chi connectivity index (χ4n) is 3.50. The predicted molar refractivity (Wildman–Crippen MR) is 145 cm³/mol. The highest BCUT2D eigenvalue weighted by atomic mass is 35.5. The fraction of sp³-hybridized carbons (Fsp3) is 0.222. The smallest absolute Gasteiger partial charge is 0.241 e. The van der Waals surface area contributed by atoms with Crippen LogP contribution in [0, 0.1) is 5.82 Å². The largest absolute Gasteiger partial charge is 0.489 e. The summed E-state index contributed by atoms with van der Waals surface area (Å²) in [6, 6.07) is 14.1. The molecule has 0 saturated carbocycles. The molecule has 0 radical (unpaired) electrons. The summed E-state index contributed by atoms with van der Waals surface area (Å²) >= 11 is 6.45. The van der Waals surface area contributed by atoms with Gasteiger partial charge in [0.25, 0.3) is 0 Å². The van der Waals surface area contributed by atoms with E-state index in [-0.39, 0.29) is 24.9 Å². The molecule has 1 heterocycles. The minimum Gasteiger partial charge on any atom is -0.489 e. The van der Waals surface area contributed by atoms with Crippen LogP contribution in [0.15, 0.2) is 60.9 Å². The lowest BCUT2D eigenvalue weighted by Crippen LogP contribution is -2.32. The van der Waals surface area contributed by atoms with Gasteiger partial charge in [-0.1, -0.05) is 23.7 Å². The maximum Gasteiger partial charge on any atom is 0.241 e. The number of amides is 1. The van der Waals surface area contributed by atoms with Crippen LogP contribution in [0.2, 0.25) is 5.02 Å². The summed E-state index contributed by atoms with van der Waals surface area (Å²) in [6.07, 6.45) is 1.42. The number of anilines is 3. The second-order valence-electron chi connectivity index (χ2n) is 8.40. The third kappa shape index (κ3) is 6.86. The Morgan fingerprint density at radius 3 is 2.66 bits per heavy atom. The Labute approximate surface area is 224 Å². The van der Waals surface area contributed by atoms with Crippen LogP contribution in [-0.2, 0) is 16.1 Å². The van der Waals surface area contributed by atoms with Gasteiger partial charge in [-0.25, -0.2) is 14.4 Å². The van der Waals surface area contributed by atoms with E-state index in [2.05, 4.69) is 20.6 Å². The van der Waals surface area contributed by atoms with Gasteiger partial charge in [-0.15, -0.1) is 0 Å². The van der Waals surface area contributed by atoms with Crippen molar-refractivity contribution in [3.8, 4) is 11.5 Å². The monoisotopic (exact) mass is 539 g/mol. The number of carbonyl (C=O) groups excluding carboxylic acids is 1. The van der Waals surface area contributed by atoms with Gasteiger partial charge >= 0.3 is 0 Å². The normalized spacial score (nSPS) is 11.7. The number of fused-ring (bicyclic) bond motifs is 1. The van der Waals surface area contributed by atoms with Crippen molar-refractivity contribution in [2.45, 2.75) is 19.6 Å². The van der Waals surface area contributed by atoms with Crippen LogP contribution in [-0.4, -0.2) is 42.2 Å². The Balaban J connectivity index is 1.58. The molecule has 38 heavy (non-hydrogen) atoms. The Hall–Kier alpha value is -3.99. The Morgan fingerprint density at radius 1 is 1.08 bits per heavy atom. The molecular formula is C27H27ClFN5O4. The van der Waals surface area contributed by atoms with E-state index in [1.807, 2.05) is 0 Å². The summed E-state index contributed by atoms with van der Waals surface area (Å²) in [5.41, 5.74) is 8.09. The van der Waals surface area contributed by atoms with Crippen LogP contribution >= 0.6 is 11.6 Å². The summed E-state index contributed by atoms with van der Waals surface area (Å²) in [4.78, 5) is 21.0. The molecule has 11 heteroatoms. The van der Waals surface area contributed by atoms with Crippen LogP contribution in [0.3, 0.4) is 0 Å². The maximum atomic E-state index is 13.4. The molecule has 0 aliphatic rings. The molecular weight excluding hydrogens is 513 g/mol. The first-order valence-corrected chi connectivity index (χ1v) is 12.1. The molecule has 198 valence electrons. The van der Waals surface area contributed by atoms with E-state index in [1.54, 1.807) is 56.5 Å². The highest BCUT2D eigenvalue weighted by Gasteiger charge is 2.16. The van der Waals surface area contributed by atoms with E-state index in [0.717, 1.165) is 0 Å². The first-order valence-electron chi connectivity index (χ1n) is 11.7. The van der Waals surface area contributed by atoms with E-state index >= 15 is 0 Å². The highest BCUT2D eigenvalue weighted by molar-refractivity contribution is 6.32. The predicted octanol–water partition coefficient (Wildman–Crippen LogP) is 5.06. The first kappa shape index (κ1) is 27.1. The number of rotatable bonds is 11.